The van der Waals surface area contributed by atoms with Crippen molar-refractivity contribution < 1.29 is 9.90 Å². The smallest absolute Gasteiger partial charge is 0.255 e. The Morgan fingerprint density at radius 1 is 1.26 bits per heavy atom. The molecule has 0 fully saturated rings. The predicted octanol–water partition coefficient (Wildman–Crippen LogP) is 3.50. The summed E-state index contributed by atoms with van der Waals surface area (Å²) in [5.74, 6) is -0.184. The first-order valence-corrected chi connectivity index (χ1v) is 6.67. The molecule has 0 aliphatic carbocycles. The number of para-hydroxylation sites is 1. The van der Waals surface area contributed by atoms with E-state index in [1.54, 1.807) is 18.2 Å². The van der Waals surface area contributed by atoms with Gasteiger partial charge in [-0.15, -0.1) is 0 Å². The molecule has 0 spiro atoms. The topological polar surface area (TPSA) is 49.3 Å². The number of halogens is 1. The van der Waals surface area contributed by atoms with Gasteiger partial charge in [0.15, 0.2) is 0 Å². The lowest BCUT2D eigenvalue weighted by Crippen LogP contribution is -2.13. The van der Waals surface area contributed by atoms with E-state index in [1.165, 1.54) is 0 Å². The summed E-state index contributed by atoms with van der Waals surface area (Å²) < 4.78 is 0.972. The van der Waals surface area contributed by atoms with Gasteiger partial charge in [0.25, 0.3) is 5.91 Å². The van der Waals surface area contributed by atoms with Crippen molar-refractivity contribution in [3.05, 3.63) is 63.6 Å². The highest BCUT2D eigenvalue weighted by atomic mass is 79.9. The van der Waals surface area contributed by atoms with E-state index in [0.29, 0.717) is 16.8 Å². The zero-order chi connectivity index (χ0) is 13.8. The fourth-order valence-electron chi connectivity index (χ4n) is 1.76. The summed E-state index contributed by atoms with van der Waals surface area (Å²) in [7, 11) is 0. The van der Waals surface area contributed by atoms with Crippen molar-refractivity contribution in [2.75, 3.05) is 5.32 Å². The molecule has 2 rings (SSSR count). The van der Waals surface area contributed by atoms with Crippen LogP contribution >= 0.6 is 15.9 Å². The van der Waals surface area contributed by atoms with E-state index in [-0.39, 0.29) is 12.5 Å². The second-order valence-corrected chi connectivity index (χ2v) is 5.09. The van der Waals surface area contributed by atoms with E-state index in [0.717, 1.165) is 10.0 Å². The molecule has 0 atom stereocenters. The number of carbonyl (C=O) groups is 1. The van der Waals surface area contributed by atoms with Crippen LogP contribution in [0.5, 0.6) is 0 Å². The summed E-state index contributed by atoms with van der Waals surface area (Å²) in [5, 5.41) is 12.0. The van der Waals surface area contributed by atoms with Crippen LogP contribution in [-0.4, -0.2) is 11.0 Å². The lowest BCUT2D eigenvalue weighted by molar-refractivity contribution is 0.102. The Hall–Kier alpha value is -1.65. The molecular weight excluding hydrogens is 306 g/mol. The van der Waals surface area contributed by atoms with Gasteiger partial charge in [-0.2, -0.15) is 0 Å². The molecule has 0 radical (unpaired) electrons. The normalized spacial score (nSPS) is 10.3. The van der Waals surface area contributed by atoms with Crippen LogP contribution in [0.1, 0.15) is 21.5 Å². The predicted molar refractivity (Wildman–Crippen MR) is 79.2 cm³/mol. The number of benzene rings is 2. The van der Waals surface area contributed by atoms with Gasteiger partial charge in [-0.05, 0) is 36.8 Å². The van der Waals surface area contributed by atoms with Gasteiger partial charge in [-0.25, -0.2) is 0 Å². The van der Waals surface area contributed by atoms with Crippen molar-refractivity contribution in [2.45, 2.75) is 13.5 Å². The molecule has 98 valence electrons. The molecular formula is C15H14BrNO2. The highest BCUT2D eigenvalue weighted by molar-refractivity contribution is 9.10. The van der Waals surface area contributed by atoms with Crippen LogP contribution in [0.25, 0.3) is 0 Å². The van der Waals surface area contributed by atoms with Gasteiger partial charge >= 0.3 is 0 Å². The van der Waals surface area contributed by atoms with Crippen LogP contribution in [0.2, 0.25) is 0 Å². The molecule has 0 aromatic heterocycles. The Morgan fingerprint density at radius 2 is 2.00 bits per heavy atom. The quantitative estimate of drug-likeness (QED) is 0.909. The second kappa shape index (κ2) is 5.99. The van der Waals surface area contributed by atoms with E-state index >= 15 is 0 Å². The van der Waals surface area contributed by atoms with Gasteiger partial charge in [0.1, 0.15) is 0 Å². The zero-order valence-corrected chi connectivity index (χ0v) is 12.1. The maximum atomic E-state index is 12.1. The SMILES string of the molecule is Cc1cc(C(=O)Nc2ccccc2CO)ccc1Br. The van der Waals surface area contributed by atoms with Gasteiger partial charge in [0, 0.05) is 21.3 Å². The Bertz CT molecular complexity index is 611. The summed E-state index contributed by atoms with van der Waals surface area (Å²) in [5.41, 5.74) is 2.93. The minimum atomic E-state index is -0.184. The van der Waals surface area contributed by atoms with Gasteiger partial charge in [-0.1, -0.05) is 34.1 Å². The summed E-state index contributed by atoms with van der Waals surface area (Å²) in [6.45, 7) is 1.83. The minimum Gasteiger partial charge on any atom is -0.392 e. The lowest BCUT2D eigenvalue weighted by Gasteiger charge is -2.10. The Labute approximate surface area is 120 Å². The van der Waals surface area contributed by atoms with Crippen LogP contribution in [-0.2, 0) is 6.61 Å². The fraction of sp³-hybridized carbons (Fsp3) is 0.133. The van der Waals surface area contributed by atoms with Crippen molar-refractivity contribution in [3.63, 3.8) is 0 Å². The van der Waals surface area contributed by atoms with E-state index in [2.05, 4.69) is 21.2 Å². The van der Waals surface area contributed by atoms with Crippen LogP contribution < -0.4 is 5.32 Å². The lowest BCUT2D eigenvalue weighted by atomic mass is 10.1. The molecule has 2 aromatic carbocycles. The third-order valence-electron chi connectivity index (χ3n) is 2.86. The number of aliphatic hydroxyl groups is 1. The molecule has 2 N–H and O–H groups in total. The molecule has 0 aliphatic rings. The third-order valence-corrected chi connectivity index (χ3v) is 3.75. The van der Waals surface area contributed by atoms with E-state index in [1.807, 2.05) is 31.2 Å². The first-order chi connectivity index (χ1) is 9.11. The minimum absolute atomic E-state index is 0.101. The Kier molecular flexibility index (Phi) is 4.35. The molecule has 0 saturated carbocycles. The first-order valence-electron chi connectivity index (χ1n) is 5.88. The summed E-state index contributed by atoms with van der Waals surface area (Å²) >= 11 is 3.40. The van der Waals surface area contributed by atoms with Gasteiger partial charge < -0.3 is 10.4 Å². The van der Waals surface area contributed by atoms with Crippen molar-refractivity contribution in [1.82, 2.24) is 0 Å². The molecule has 0 unspecified atom stereocenters. The average molecular weight is 320 g/mol. The van der Waals surface area contributed by atoms with Crippen LogP contribution in [0.4, 0.5) is 5.69 Å². The van der Waals surface area contributed by atoms with Gasteiger partial charge in [0.2, 0.25) is 0 Å². The van der Waals surface area contributed by atoms with Crippen molar-refractivity contribution >= 4 is 27.5 Å². The highest BCUT2D eigenvalue weighted by Gasteiger charge is 2.09. The number of anilines is 1. The largest absolute Gasteiger partial charge is 0.392 e. The number of aliphatic hydroxyl groups excluding tert-OH is 1. The Morgan fingerprint density at radius 3 is 2.68 bits per heavy atom. The number of carbonyl (C=O) groups excluding carboxylic acids is 1. The zero-order valence-electron chi connectivity index (χ0n) is 10.5. The molecule has 0 saturated heterocycles. The first kappa shape index (κ1) is 13.8. The third kappa shape index (κ3) is 3.22. The molecule has 4 heteroatoms. The molecule has 2 aromatic rings. The maximum absolute atomic E-state index is 12.1. The van der Waals surface area contributed by atoms with Crippen LogP contribution in [0, 0.1) is 6.92 Å². The molecule has 19 heavy (non-hydrogen) atoms. The van der Waals surface area contributed by atoms with Crippen molar-refractivity contribution in [3.8, 4) is 0 Å². The van der Waals surface area contributed by atoms with E-state index in [4.69, 9.17) is 0 Å². The van der Waals surface area contributed by atoms with Crippen molar-refractivity contribution in [1.29, 1.82) is 0 Å². The molecule has 1 amide bonds. The highest BCUT2D eigenvalue weighted by Crippen LogP contribution is 2.19. The summed E-state index contributed by atoms with van der Waals surface area (Å²) in [6, 6.07) is 12.6. The number of hydrogen-bond acceptors (Lipinski definition) is 2. The average Bonchev–Trinajstić information content (AvgIpc) is 2.42. The number of amides is 1. The standard InChI is InChI=1S/C15H14BrNO2/c1-10-8-11(6-7-13(10)16)15(19)17-14-5-3-2-4-12(14)9-18/h2-8,18H,9H2,1H3,(H,17,19). The second-order valence-electron chi connectivity index (χ2n) is 4.23. The molecule has 3 nitrogen and oxygen atoms in total. The fourth-order valence-corrected chi connectivity index (χ4v) is 2.01. The van der Waals surface area contributed by atoms with E-state index in [9.17, 15) is 9.90 Å². The molecule has 0 heterocycles. The van der Waals surface area contributed by atoms with Crippen LogP contribution in [0.15, 0.2) is 46.9 Å². The summed E-state index contributed by atoms with van der Waals surface area (Å²) in [6.07, 6.45) is 0. The van der Waals surface area contributed by atoms with Gasteiger partial charge in [-0.3, -0.25) is 4.79 Å². The van der Waals surface area contributed by atoms with Crippen LogP contribution in [0.3, 0.4) is 0 Å². The number of rotatable bonds is 3. The monoisotopic (exact) mass is 319 g/mol. The van der Waals surface area contributed by atoms with Gasteiger partial charge in [0.05, 0.1) is 6.61 Å². The maximum Gasteiger partial charge on any atom is 0.255 e. The molecule has 0 bridgehead atoms. The van der Waals surface area contributed by atoms with Crippen molar-refractivity contribution in [2.24, 2.45) is 0 Å². The number of aryl methyl sites for hydroxylation is 1. The number of hydrogen-bond donors (Lipinski definition) is 2. The molecule has 0 aliphatic heterocycles. The Balaban J connectivity index is 2.23. The number of nitrogens with one attached hydrogen (secondary N) is 1. The van der Waals surface area contributed by atoms with E-state index < -0.39 is 0 Å². The summed E-state index contributed by atoms with van der Waals surface area (Å²) in [4.78, 5) is 12.1.